The monoisotopic (exact) mass is 238 g/mol. The summed E-state index contributed by atoms with van der Waals surface area (Å²) in [6, 6.07) is 0. The molecule has 0 radical (unpaired) electrons. The Morgan fingerprint density at radius 1 is 0.941 bits per heavy atom. The molecule has 2 rings (SSSR count). The zero-order valence-electron chi connectivity index (χ0n) is 11.1. The minimum atomic E-state index is -0.329. The van der Waals surface area contributed by atoms with Crippen molar-refractivity contribution in [1.29, 1.82) is 0 Å². The minimum Gasteiger partial charge on any atom is -0.307 e. The highest BCUT2D eigenvalue weighted by Crippen LogP contribution is 2.27. The predicted molar refractivity (Wildman–Crippen MR) is 67.4 cm³/mol. The lowest BCUT2D eigenvalue weighted by atomic mass is 9.83. The Bertz CT molecular complexity index is 313. The Morgan fingerprint density at radius 3 is 1.53 bits per heavy atom. The number of hydrogen-bond donors (Lipinski definition) is 2. The van der Waals surface area contributed by atoms with Crippen LogP contribution in [0.25, 0.3) is 0 Å². The molecule has 1 fully saturated rings. The molecule has 2 heterocycles. The third-order valence-corrected chi connectivity index (χ3v) is 2.91. The smallest absolute Gasteiger partial charge is 0.250 e. The molecule has 0 aromatic rings. The lowest BCUT2D eigenvalue weighted by Gasteiger charge is -2.42. The van der Waals surface area contributed by atoms with Gasteiger partial charge in [0.2, 0.25) is 0 Å². The van der Waals surface area contributed by atoms with Crippen molar-refractivity contribution < 1.29 is 9.59 Å². The lowest BCUT2D eigenvalue weighted by molar-refractivity contribution is -0.123. The normalized spacial score (nSPS) is 24.9. The van der Waals surface area contributed by atoms with Crippen LogP contribution in [0.5, 0.6) is 0 Å². The molecule has 4 nitrogen and oxygen atoms in total. The molecule has 17 heavy (non-hydrogen) atoms. The first-order chi connectivity index (χ1) is 7.70. The average molecular weight is 238 g/mol. The van der Waals surface area contributed by atoms with Crippen molar-refractivity contribution in [2.24, 2.45) is 0 Å². The van der Waals surface area contributed by atoms with E-state index in [0.29, 0.717) is 11.1 Å². The summed E-state index contributed by atoms with van der Waals surface area (Å²) in [5, 5.41) is 5.66. The molecular formula is C13H22N2O2. The zero-order valence-corrected chi connectivity index (χ0v) is 11.1. The van der Waals surface area contributed by atoms with Crippen LogP contribution >= 0.6 is 0 Å². The Hall–Kier alpha value is -1.16. The summed E-state index contributed by atoms with van der Waals surface area (Å²) in [5.41, 5.74) is 0.726. The van der Waals surface area contributed by atoms with Crippen LogP contribution < -0.4 is 10.6 Å². The largest absolute Gasteiger partial charge is 0.307 e. The number of amides is 2. The van der Waals surface area contributed by atoms with Crippen LogP contribution in [0.15, 0.2) is 12.2 Å². The lowest BCUT2D eigenvalue weighted by Crippen LogP contribution is -2.55. The van der Waals surface area contributed by atoms with E-state index in [9.17, 15) is 9.59 Å². The molecule has 0 atom stereocenters. The van der Waals surface area contributed by atoms with Gasteiger partial charge in [-0.3, -0.25) is 14.9 Å². The Kier molecular flexibility index (Phi) is 4.09. The molecule has 1 saturated heterocycles. The Balaban J connectivity index is 0.000000181. The highest BCUT2D eigenvalue weighted by molar-refractivity contribution is 6.12. The summed E-state index contributed by atoms with van der Waals surface area (Å²) in [4.78, 5) is 20.1. The second-order valence-electron chi connectivity index (χ2n) is 5.93. The molecule has 0 saturated carbocycles. The minimum absolute atomic E-state index is 0.329. The second kappa shape index (κ2) is 5.00. The highest BCUT2D eigenvalue weighted by Gasteiger charge is 2.31. The molecular weight excluding hydrogens is 216 g/mol. The van der Waals surface area contributed by atoms with Gasteiger partial charge in [-0.1, -0.05) is 0 Å². The molecule has 0 unspecified atom stereocenters. The fraction of sp³-hybridized carbons (Fsp3) is 0.692. The number of imide groups is 1. The molecule has 2 N–H and O–H groups in total. The molecule has 0 aliphatic carbocycles. The molecule has 0 aromatic carbocycles. The first-order valence-electron chi connectivity index (χ1n) is 6.03. The quantitative estimate of drug-likeness (QED) is 0.629. The van der Waals surface area contributed by atoms with Crippen molar-refractivity contribution >= 4 is 11.8 Å². The van der Waals surface area contributed by atoms with Crippen LogP contribution in [0.4, 0.5) is 0 Å². The Labute approximate surface area is 103 Å². The fourth-order valence-corrected chi connectivity index (χ4v) is 2.37. The standard InChI is InChI=1S/C9H19N.C4H3NO2/c1-8(2)6-5-7-9(3,4)10-8;6-3-1-2-4(7)5-3/h10H,5-7H2,1-4H3;1-2H,(H,5,6,7). The first-order valence-corrected chi connectivity index (χ1v) is 6.03. The summed E-state index contributed by atoms with van der Waals surface area (Å²) in [7, 11) is 0. The van der Waals surface area contributed by atoms with Gasteiger partial charge in [-0.2, -0.15) is 0 Å². The van der Waals surface area contributed by atoms with E-state index in [4.69, 9.17) is 0 Å². The van der Waals surface area contributed by atoms with Crippen molar-refractivity contribution in [3.8, 4) is 0 Å². The van der Waals surface area contributed by atoms with Gasteiger partial charge in [-0.25, -0.2) is 0 Å². The average Bonchev–Trinajstić information content (AvgIpc) is 2.46. The van der Waals surface area contributed by atoms with Crippen LogP contribution in [0.3, 0.4) is 0 Å². The highest BCUT2D eigenvalue weighted by atomic mass is 16.2. The third kappa shape index (κ3) is 5.13. The van der Waals surface area contributed by atoms with E-state index in [2.05, 4.69) is 33.0 Å². The summed E-state index contributed by atoms with van der Waals surface area (Å²) in [5.74, 6) is -0.657. The number of rotatable bonds is 0. The third-order valence-electron chi connectivity index (χ3n) is 2.91. The van der Waals surface area contributed by atoms with Gasteiger partial charge in [0.1, 0.15) is 0 Å². The van der Waals surface area contributed by atoms with E-state index in [0.717, 1.165) is 0 Å². The van der Waals surface area contributed by atoms with Gasteiger partial charge in [0.15, 0.2) is 0 Å². The number of piperidine rings is 1. The molecule has 2 aliphatic heterocycles. The van der Waals surface area contributed by atoms with Crippen molar-refractivity contribution in [2.75, 3.05) is 0 Å². The van der Waals surface area contributed by atoms with Crippen LogP contribution in [0.1, 0.15) is 47.0 Å². The number of carbonyl (C=O) groups excluding carboxylic acids is 2. The van der Waals surface area contributed by atoms with E-state index < -0.39 is 0 Å². The SMILES string of the molecule is CC1(C)CCCC(C)(C)N1.O=C1C=CC(=O)N1. The van der Waals surface area contributed by atoms with Crippen LogP contribution in [0, 0.1) is 0 Å². The number of nitrogens with one attached hydrogen (secondary N) is 2. The van der Waals surface area contributed by atoms with Gasteiger partial charge in [-0.05, 0) is 47.0 Å². The maximum Gasteiger partial charge on any atom is 0.250 e. The van der Waals surface area contributed by atoms with E-state index in [1.165, 1.54) is 31.4 Å². The predicted octanol–water partition coefficient (Wildman–Crippen LogP) is 1.52. The molecule has 2 aliphatic rings. The second-order valence-corrected chi connectivity index (χ2v) is 5.93. The molecule has 0 bridgehead atoms. The van der Waals surface area contributed by atoms with Gasteiger partial charge >= 0.3 is 0 Å². The summed E-state index contributed by atoms with van der Waals surface area (Å²) < 4.78 is 0. The van der Waals surface area contributed by atoms with Gasteiger partial charge in [0, 0.05) is 23.2 Å². The molecule has 96 valence electrons. The van der Waals surface area contributed by atoms with E-state index >= 15 is 0 Å². The van der Waals surface area contributed by atoms with Crippen LogP contribution in [0.2, 0.25) is 0 Å². The van der Waals surface area contributed by atoms with E-state index in [-0.39, 0.29) is 11.8 Å². The van der Waals surface area contributed by atoms with Crippen molar-refractivity contribution in [1.82, 2.24) is 10.6 Å². The summed E-state index contributed by atoms with van der Waals surface area (Å²) in [6.45, 7) is 9.14. The zero-order chi connectivity index (χ0) is 13.1. The van der Waals surface area contributed by atoms with Gasteiger partial charge in [0.25, 0.3) is 11.8 Å². The number of hydrogen-bond acceptors (Lipinski definition) is 3. The fourth-order valence-electron chi connectivity index (χ4n) is 2.37. The van der Waals surface area contributed by atoms with Crippen molar-refractivity contribution in [2.45, 2.75) is 58.0 Å². The van der Waals surface area contributed by atoms with Crippen LogP contribution in [-0.2, 0) is 9.59 Å². The maximum absolute atomic E-state index is 10.0. The topological polar surface area (TPSA) is 58.2 Å². The van der Waals surface area contributed by atoms with E-state index in [1.54, 1.807) is 0 Å². The van der Waals surface area contributed by atoms with E-state index in [1.807, 2.05) is 5.32 Å². The summed E-state index contributed by atoms with van der Waals surface area (Å²) in [6.07, 6.45) is 6.39. The maximum atomic E-state index is 10.0. The van der Waals surface area contributed by atoms with Gasteiger partial charge in [0.05, 0.1) is 0 Å². The van der Waals surface area contributed by atoms with Gasteiger partial charge < -0.3 is 5.32 Å². The molecule has 0 aromatic heterocycles. The van der Waals surface area contributed by atoms with Crippen LogP contribution in [-0.4, -0.2) is 22.9 Å². The van der Waals surface area contributed by atoms with Gasteiger partial charge in [-0.15, -0.1) is 0 Å². The molecule has 2 amide bonds. The molecule has 0 spiro atoms. The Morgan fingerprint density at radius 2 is 1.35 bits per heavy atom. The van der Waals surface area contributed by atoms with Crippen molar-refractivity contribution in [3.63, 3.8) is 0 Å². The molecule has 4 heteroatoms. The summed E-state index contributed by atoms with van der Waals surface area (Å²) >= 11 is 0. The van der Waals surface area contributed by atoms with Crippen molar-refractivity contribution in [3.05, 3.63) is 12.2 Å². The number of carbonyl (C=O) groups is 2. The first kappa shape index (κ1) is 13.9.